The Morgan fingerprint density at radius 2 is 1.93 bits per heavy atom. The van der Waals surface area contributed by atoms with E-state index in [-0.39, 0.29) is 15.6 Å². The third-order valence-corrected chi connectivity index (χ3v) is 3.09. The third kappa shape index (κ3) is 2.14. The fourth-order valence-electron chi connectivity index (χ4n) is 0.936. The molecule has 74 valence electrons. The molecule has 0 saturated carbocycles. The Hall–Kier alpha value is -0.435. The van der Waals surface area contributed by atoms with Crippen LogP contribution in [0.5, 0.6) is 0 Å². The van der Waals surface area contributed by atoms with Crippen LogP contribution in [-0.2, 0) is 0 Å². The van der Waals surface area contributed by atoms with Crippen molar-refractivity contribution in [2.75, 3.05) is 0 Å². The van der Waals surface area contributed by atoms with Crippen LogP contribution < -0.4 is 5.46 Å². The number of nitro groups is 1. The van der Waals surface area contributed by atoms with Crippen LogP contribution in [0.2, 0.25) is 0 Å². The van der Waals surface area contributed by atoms with Crippen molar-refractivity contribution in [2.24, 2.45) is 0 Å². The molecule has 0 fully saturated rings. The van der Waals surface area contributed by atoms with Gasteiger partial charge in [0.05, 0.1) is 9.40 Å². The lowest BCUT2D eigenvalue weighted by Gasteiger charge is -2.05. The molecule has 0 aromatic heterocycles. The van der Waals surface area contributed by atoms with E-state index in [0.29, 0.717) is 4.47 Å². The summed E-state index contributed by atoms with van der Waals surface area (Å²) in [5.41, 5.74) is -0.171. The molecule has 2 N–H and O–H groups in total. The lowest BCUT2D eigenvalue weighted by atomic mass is 9.80. The molecule has 0 aliphatic heterocycles. The maximum Gasteiger partial charge on any atom is 0.491 e. The fraction of sp³-hybridized carbons (Fsp3) is 0. The molecule has 0 aliphatic rings. The predicted octanol–water partition coefficient (Wildman–Crippen LogP) is 0.800. The second-order valence-electron chi connectivity index (χ2n) is 2.42. The first-order valence-electron chi connectivity index (χ1n) is 3.43. The van der Waals surface area contributed by atoms with E-state index in [0.717, 1.165) is 0 Å². The molecule has 0 saturated heterocycles. The molecule has 5 nitrogen and oxygen atoms in total. The maximum absolute atomic E-state index is 10.5. The zero-order valence-corrected chi connectivity index (χ0v) is 9.82. The average Bonchev–Trinajstić information content (AvgIpc) is 2.02. The first-order valence-corrected chi connectivity index (χ1v) is 5.02. The van der Waals surface area contributed by atoms with Crippen molar-refractivity contribution < 1.29 is 15.0 Å². The molecular weight excluding hydrogens is 321 g/mol. The van der Waals surface area contributed by atoms with E-state index in [9.17, 15) is 10.1 Å². The number of nitrogens with zero attached hydrogens (tertiary/aromatic N) is 1. The summed E-state index contributed by atoms with van der Waals surface area (Å²) in [4.78, 5) is 9.90. The van der Waals surface area contributed by atoms with Crippen LogP contribution in [0, 0.1) is 10.1 Å². The Balaban J connectivity index is 3.41. The Labute approximate surface area is 96.3 Å². The molecule has 0 radical (unpaired) electrons. The Kier molecular flexibility index (Phi) is 3.65. The first kappa shape index (κ1) is 11.6. The average molecular weight is 325 g/mol. The topological polar surface area (TPSA) is 83.6 Å². The summed E-state index contributed by atoms with van der Waals surface area (Å²) in [6, 6.07) is 2.65. The van der Waals surface area contributed by atoms with E-state index >= 15 is 0 Å². The molecule has 0 aliphatic carbocycles. The predicted molar refractivity (Wildman–Crippen MR) is 58.3 cm³/mol. The van der Waals surface area contributed by atoms with E-state index < -0.39 is 12.0 Å². The molecule has 1 aromatic rings. The smallest absolute Gasteiger partial charge is 0.423 e. The molecule has 14 heavy (non-hydrogen) atoms. The van der Waals surface area contributed by atoms with Gasteiger partial charge in [-0.3, -0.25) is 10.1 Å². The van der Waals surface area contributed by atoms with E-state index in [1.165, 1.54) is 12.1 Å². The summed E-state index contributed by atoms with van der Waals surface area (Å²) >= 11 is 6.00. The van der Waals surface area contributed by atoms with Crippen molar-refractivity contribution in [1.29, 1.82) is 0 Å². The lowest BCUT2D eigenvalue weighted by Crippen LogP contribution is -2.32. The highest BCUT2D eigenvalue weighted by Crippen LogP contribution is 2.26. The van der Waals surface area contributed by atoms with Gasteiger partial charge in [-0.2, -0.15) is 0 Å². The van der Waals surface area contributed by atoms with Gasteiger partial charge in [-0.25, -0.2) is 0 Å². The largest absolute Gasteiger partial charge is 0.491 e. The van der Waals surface area contributed by atoms with Crippen LogP contribution in [-0.4, -0.2) is 22.1 Å². The molecule has 0 atom stereocenters. The van der Waals surface area contributed by atoms with Gasteiger partial charge in [0.15, 0.2) is 0 Å². The number of rotatable bonds is 2. The summed E-state index contributed by atoms with van der Waals surface area (Å²) in [5, 5.41) is 28.4. The van der Waals surface area contributed by atoms with E-state index in [1.54, 1.807) is 0 Å². The van der Waals surface area contributed by atoms with Crippen LogP contribution in [0.25, 0.3) is 0 Å². The van der Waals surface area contributed by atoms with Gasteiger partial charge in [-0.15, -0.1) is 0 Å². The normalized spacial score (nSPS) is 10.0. The van der Waals surface area contributed by atoms with Gasteiger partial charge in [-0.05, 0) is 22.0 Å². The van der Waals surface area contributed by atoms with E-state index in [2.05, 4.69) is 31.9 Å². The van der Waals surface area contributed by atoms with Crippen LogP contribution >= 0.6 is 31.9 Å². The standard InChI is InChI=1S/C6H4BBr2NO4/c8-3-1-2-4(10(13)14)6(9)5(3)7(11)12/h1-2,11-12H. The lowest BCUT2D eigenvalue weighted by molar-refractivity contribution is -0.385. The molecule has 1 rings (SSSR count). The summed E-state index contributed by atoms with van der Waals surface area (Å²) in [5.74, 6) is 0. The SMILES string of the molecule is O=[N+]([O-])c1ccc(Br)c(B(O)O)c1Br. The van der Waals surface area contributed by atoms with Crippen molar-refractivity contribution in [3.8, 4) is 0 Å². The van der Waals surface area contributed by atoms with E-state index in [4.69, 9.17) is 10.0 Å². The number of halogens is 2. The second kappa shape index (κ2) is 4.39. The molecule has 0 bridgehead atoms. The van der Waals surface area contributed by atoms with Gasteiger partial charge in [0.1, 0.15) is 0 Å². The maximum atomic E-state index is 10.5. The quantitative estimate of drug-likeness (QED) is 0.479. The van der Waals surface area contributed by atoms with Crippen LogP contribution in [0.3, 0.4) is 0 Å². The minimum atomic E-state index is -1.77. The number of hydrogen-bond acceptors (Lipinski definition) is 4. The molecule has 8 heteroatoms. The number of hydrogen-bond donors (Lipinski definition) is 2. The van der Waals surface area contributed by atoms with Gasteiger partial charge in [0.25, 0.3) is 5.69 Å². The van der Waals surface area contributed by atoms with Crippen LogP contribution in [0.4, 0.5) is 5.69 Å². The summed E-state index contributed by atoms with van der Waals surface area (Å²) < 4.78 is 0.455. The Morgan fingerprint density at radius 3 is 2.36 bits per heavy atom. The van der Waals surface area contributed by atoms with Gasteiger partial charge in [0.2, 0.25) is 0 Å². The Morgan fingerprint density at radius 1 is 1.36 bits per heavy atom. The van der Waals surface area contributed by atoms with Crippen molar-refractivity contribution in [3.63, 3.8) is 0 Å². The van der Waals surface area contributed by atoms with Crippen molar-refractivity contribution in [1.82, 2.24) is 0 Å². The Bertz CT molecular complexity index is 384. The van der Waals surface area contributed by atoms with Gasteiger partial charge in [-0.1, -0.05) is 15.9 Å². The van der Waals surface area contributed by atoms with Crippen molar-refractivity contribution >= 4 is 50.1 Å². The van der Waals surface area contributed by atoms with Gasteiger partial charge >= 0.3 is 7.12 Å². The van der Waals surface area contributed by atoms with Crippen molar-refractivity contribution in [3.05, 3.63) is 31.2 Å². The summed E-state index contributed by atoms with van der Waals surface area (Å²) in [6.07, 6.45) is 0. The van der Waals surface area contributed by atoms with Crippen LogP contribution in [0.15, 0.2) is 21.1 Å². The molecule has 0 amide bonds. The summed E-state index contributed by atoms with van der Waals surface area (Å²) in [7, 11) is -1.77. The molecule has 0 spiro atoms. The zero-order chi connectivity index (χ0) is 10.9. The molecule has 0 unspecified atom stereocenters. The zero-order valence-electron chi connectivity index (χ0n) is 6.65. The number of benzene rings is 1. The van der Waals surface area contributed by atoms with Crippen LogP contribution in [0.1, 0.15) is 0 Å². The monoisotopic (exact) mass is 323 g/mol. The first-order chi connectivity index (χ1) is 6.45. The van der Waals surface area contributed by atoms with Gasteiger partial charge in [0, 0.05) is 16.0 Å². The highest BCUT2D eigenvalue weighted by molar-refractivity contribution is 9.11. The second-order valence-corrected chi connectivity index (χ2v) is 4.07. The minimum absolute atomic E-state index is 0.0409. The van der Waals surface area contributed by atoms with Gasteiger partial charge < -0.3 is 10.0 Å². The highest BCUT2D eigenvalue weighted by atomic mass is 79.9. The highest BCUT2D eigenvalue weighted by Gasteiger charge is 2.25. The summed E-state index contributed by atoms with van der Waals surface area (Å²) in [6.45, 7) is 0. The third-order valence-electron chi connectivity index (χ3n) is 1.56. The molecule has 0 heterocycles. The van der Waals surface area contributed by atoms with E-state index in [1.807, 2.05) is 0 Å². The minimum Gasteiger partial charge on any atom is -0.423 e. The fourth-order valence-corrected chi connectivity index (χ4v) is 2.43. The van der Waals surface area contributed by atoms with Crippen molar-refractivity contribution in [2.45, 2.75) is 0 Å². The number of nitro benzene ring substituents is 1. The molecule has 1 aromatic carbocycles. The molecular formula is C6H4BBr2NO4.